The van der Waals surface area contributed by atoms with Gasteiger partial charge in [-0.3, -0.25) is 4.79 Å². The van der Waals surface area contributed by atoms with Crippen molar-refractivity contribution in [2.45, 2.75) is 57.3 Å². The van der Waals surface area contributed by atoms with Crippen molar-refractivity contribution >= 4 is 11.6 Å². The molecule has 5 rings (SSSR count). The van der Waals surface area contributed by atoms with Gasteiger partial charge >= 0.3 is 0 Å². The van der Waals surface area contributed by atoms with E-state index in [-0.39, 0.29) is 23.5 Å². The molecule has 2 fully saturated rings. The number of rotatable bonds is 5. The van der Waals surface area contributed by atoms with Gasteiger partial charge in [0.15, 0.2) is 0 Å². The second-order valence-corrected chi connectivity index (χ2v) is 9.77. The Morgan fingerprint density at radius 3 is 2.79 bits per heavy atom. The van der Waals surface area contributed by atoms with E-state index in [1.807, 2.05) is 41.1 Å². The molecule has 2 aliphatic rings. The van der Waals surface area contributed by atoms with Gasteiger partial charge in [-0.05, 0) is 62.9 Å². The van der Waals surface area contributed by atoms with Crippen LogP contribution in [0.5, 0.6) is 5.75 Å². The van der Waals surface area contributed by atoms with Crippen molar-refractivity contribution in [1.29, 1.82) is 0 Å². The lowest BCUT2D eigenvalue weighted by atomic mass is 9.93. The molecule has 3 aromatic rings. The molecule has 6 nitrogen and oxygen atoms in total. The Bertz CT molecular complexity index is 1120. The van der Waals surface area contributed by atoms with E-state index in [0.717, 1.165) is 48.4 Å². The molecule has 0 spiro atoms. The van der Waals surface area contributed by atoms with Crippen LogP contribution in [0, 0.1) is 0 Å². The highest BCUT2D eigenvalue weighted by atomic mass is 16.5. The zero-order chi connectivity index (χ0) is 23.0. The van der Waals surface area contributed by atoms with Gasteiger partial charge in [0.1, 0.15) is 5.75 Å². The van der Waals surface area contributed by atoms with Crippen molar-refractivity contribution in [2.75, 3.05) is 18.6 Å². The Morgan fingerprint density at radius 1 is 1.15 bits per heavy atom. The summed E-state index contributed by atoms with van der Waals surface area (Å²) in [6, 6.07) is 16.7. The quantitative estimate of drug-likeness (QED) is 0.577. The fourth-order valence-electron chi connectivity index (χ4n) is 5.79. The first-order valence-corrected chi connectivity index (χ1v) is 11.8. The van der Waals surface area contributed by atoms with Gasteiger partial charge in [0.25, 0.3) is 5.91 Å². The van der Waals surface area contributed by atoms with Crippen molar-refractivity contribution in [1.82, 2.24) is 14.5 Å². The van der Waals surface area contributed by atoms with Gasteiger partial charge in [-0.2, -0.15) is 0 Å². The number of methoxy groups -OCH3 is 1. The molecule has 0 saturated carbocycles. The molecule has 2 saturated heterocycles. The number of fused-ring (bicyclic) bond motifs is 1. The third kappa shape index (κ3) is 3.99. The predicted octanol–water partition coefficient (Wildman–Crippen LogP) is 4.60. The largest absolute Gasteiger partial charge is 0.495 e. The molecule has 0 unspecified atom stereocenters. The Hall–Kier alpha value is -3.28. The van der Waals surface area contributed by atoms with E-state index in [2.05, 4.69) is 46.8 Å². The summed E-state index contributed by atoms with van der Waals surface area (Å²) in [4.78, 5) is 22.5. The Balaban J connectivity index is 1.42. The first-order valence-electron chi connectivity index (χ1n) is 11.8. The Labute approximate surface area is 195 Å². The third-order valence-corrected chi connectivity index (χ3v) is 7.14. The molecule has 172 valence electrons. The topological polar surface area (TPSA) is 50.6 Å². The van der Waals surface area contributed by atoms with Crippen molar-refractivity contribution < 1.29 is 9.53 Å². The zero-order valence-electron chi connectivity index (χ0n) is 19.6. The van der Waals surface area contributed by atoms with Gasteiger partial charge in [0.05, 0.1) is 31.2 Å². The second-order valence-electron chi connectivity index (χ2n) is 9.77. The van der Waals surface area contributed by atoms with Crippen LogP contribution in [0.1, 0.15) is 49.0 Å². The van der Waals surface area contributed by atoms with Crippen molar-refractivity contribution in [2.24, 2.45) is 0 Å². The minimum Gasteiger partial charge on any atom is -0.495 e. The summed E-state index contributed by atoms with van der Waals surface area (Å²) >= 11 is 0. The van der Waals surface area contributed by atoms with Crippen LogP contribution in [-0.2, 0) is 6.54 Å². The number of carbonyl (C=O) groups excluding carboxylic acids is 1. The van der Waals surface area contributed by atoms with Gasteiger partial charge in [0.2, 0.25) is 0 Å². The summed E-state index contributed by atoms with van der Waals surface area (Å²) in [6.45, 7) is 6.09. The van der Waals surface area contributed by atoms with Crippen LogP contribution in [0.3, 0.4) is 0 Å². The molecule has 3 heterocycles. The van der Waals surface area contributed by atoms with Crippen LogP contribution in [0.25, 0.3) is 0 Å². The number of amides is 1. The smallest absolute Gasteiger partial charge is 0.254 e. The standard InChI is InChI=1S/C27H32N4O2/c1-27(2)17-24-22(31(27)23-10-4-5-12-25(23)33-3)11-7-14-30(24)26(32)21-9-6-8-20(16-21)18-29-15-13-28-19-29/h4-6,8-10,12-13,15-16,19,22,24H,7,11,14,17-18H2,1-3H3/t22-,24-/m0/s1. The number of hydrogen-bond acceptors (Lipinski definition) is 4. The molecule has 1 amide bonds. The molecule has 2 atom stereocenters. The van der Waals surface area contributed by atoms with Gasteiger partial charge in [-0.15, -0.1) is 0 Å². The highest BCUT2D eigenvalue weighted by Gasteiger charge is 2.51. The van der Waals surface area contributed by atoms with E-state index >= 15 is 0 Å². The molecule has 1 aromatic heterocycles. The summed E-state index contributed by atoms with van der Waals surface area (Å²) in [6.07, 6.45) is 8.54. The number of piperidine rings is 1. The first-order chi connectivity index (χ1) is 16.0. The number of aromatic nitrogens is 2. The molecule has 6 heteroatoms. The summed E-state index contributed by atoms with van der Waals surface area (Å²) < 4.78 is 7.72. The minimum absolute atomic E-state index is 0.0733. The maximum Gasteiger partial charge on any atom is 0.254 e. The van der Waals surface area contributed by atoms with Gasteiger partial charge < -0.3 is 19.1 Å². The highest BCUT2D eigenvalue weighted by Crippen LogP contribution is 2.46. The third-order valence-electron chi connectivity index (χ3n) is 7.14. The van der Waals surface area contributed by atoms with E-state index in [1.54, 1.807) is 19.6 Å². The lowest BCUT2D eigenvalue weighted by molar-refractivity contribution is 0.0605. The van der Waals surface area contributed by atoms with Crippen LogP contribution in [0.15, 0.2) is 67.3 Å². The van der Waals surface area contributed by atoms with Crippen molar-refractivity contribution in [3.63, 3.8) is 0 Å². The summed E-state index contributed by atoms with van der Waals surface area (Å²) in [5.74, 6) is 1.02. The molecule has 0 bridgehead atoms. The maximum atomic E-state index is 13.7. The molecular formula is C27H32N4O2. The van der Waals surface area contributed by atoms with Crippen LogP contribution < -0.4 is 9.64 Å². The molecule has 0 aliphatic carbocycles. The number of para-hydroxylation sites is 2. The number of imidazole rings is 1. The molecule has 2 aromatic carbocycles. The molecule has 0 N–H and O–H groups in total. The fourth-order valence-corrected chi connectivity index (χ4v) is 5.79. The Kier molecular flexibility index (Phi) is 5.60. The van der Waals surface area contributed by atoms with Gasteiger partial charge in [-0.25, -0.2) is 4.98 Å². The lowest BCUT2D eigenvalue weighted by Crippen LogP contribution is -2.53. The average Bonchev–Trinajstić information content (AvgIpc) is 3.42. The summed E-state index contributed by atoms with van der Waals surface area (Å²) in [5.41, 5.74) is 2.92. The van der Waals surface area contributed by atoms with Gasteiger partial charge in [0, 0.05) is 36.6 Å². The minimum atomic E-state index is -0.0733. The van der Waals surface area contributed by atoms with E-state index in [9.17, 15) is 4.79 Å². The zero-order valence-corrected chi connectivity index (χ0v) is 19.6. The first kappa shape index (κ1) is 21.6. The van der Waals surface area contributed by atoms with Crippen LogP contribution in [0.2, 0.25) is 0 Å². The second kappa shape index (κ2) is 8.58. The fraction of sp³-hybridized carbons (Fsp3) is 0.407. The maximum absolute atomic E-state index is 13.7. The van der Waals surface area contributed by atoms with E-state index in [4.69, 9.17) is 4.74 Å². The monoisotopic (exact) mass is 444 g/mol. The number of benzene rings is 2. The van der Waals surface area contributed by atoms with E-state index < -0.39 is 0 Å². The number of ether oxygens (including phenoxy) is 1. The highest BCUT2D eigenvalue weighted by molar-refractivity contribution is 5.95. The van der Waals surface area contributed by atoms with E-state index in [0.29, 0.717) is 6.54 Å². The average molecular weight is 445 g/mol. The van der Waals surface area contributed by atoms with Crippen LogP contribution in [0.4, 0.5) is 5.69 Å². The lowest BCUT2D eigenvalue weighted by Gasteiger charge is -2.42. The van der Waals surface area contributed by atoms with Crippen molar-refractivity contribution in [3.05, 3.63) is 78.4 Å². The SMILES string of the molecule is COc1ccccc1N1[C@H]2CCCN(C(=O)c3cccc(Cn4ccnc4)c3)[C@H]2CC1(C)C. The number of anilines is 1. The normalized spacial score (nSPS) is 21.7. The molecular weight excluding hydrogens is 412 g/mol. The number of nitrogens with zero attached hydrogens (tertiary/aromatic N) is 4. The van der Waals surface area contributed by atoms with Crippen molar-refractivity contribution in [3.8, 4) is 5.75 Å². The molecule has 33 heavy (non-hydrogen) atoms. The Morgan fingerprint density at radius 2 is 2.00 bits per heavy atom. The molecule has 0 radical (unpaired) electrons. The van der Waals surface area contributed by atoms with Crippen LogP contribution >= 0.6 is 0 Å². The summed E-state index contributed by atoms with van der Waals surface area (Å²) in [5, 5.41) is 0. The predicted molar refractivity (Wildman–Crippen MR) is 130 cm³/mol. The number of likely N-dealkylation sites (tertiary alicyclic amines) is 1. The number of carbonyl (C=O) groups is 1. The number of hydrogen-bond donors (Lipinski definition) is 0. The summed E-state index contributed by atoms with van der Waals surface area (Å²) in [7, 11) is 1.73. The van der Waals surface area contributed by atoms with Crippen LogP contribution in [-0.4, -0.2) is 51.6 Å². The molecule has 2 aliphatic heterocycles. The van der Waals surface area contributed by atoms with E-state index in [1.165, 1.54) is 0 Å². The van der Waals surface area contributed by atoms with Gasteiger partial charge in [-0.1, -0.05) is 24.3 Å².